The van der Waals surface area contributed by atoms with E-state index in [1.54, 1.807) is 12.4 Å². The van der Waals surface area contributed by atoms with Crippen molar-refractivity contribution in [3.63, 3.8) is 0 Å². The van der Waals surface area contributed by atoms with Gasteiger partial charge in [-0.25, -0.2) is 0 Å². The number of carbonyl (C=O) groups is 1. The van der Waals surface area contributed by atoms with Gasteiger partial charge in [-0.1, -0.05) is 19.3 Å². The highest BCUT2D eigenvalue weighted by molar-refractivity contribution is 5.76. The summed E-state index contributed by atoms with van der Waals surface area (Å²) in [6.07, 6.45) is 16.0. The van der Waals surface area contributed by atoms with Crippen LogP contribution in [0.3, 0.4) is 0 Å². The van der Waals surface area contributed by atoms with E-state index >= 15 is 0 Å². The van der Waals surface area contributed by atoms with Crippen LogP contribution in [0, 0.1) is 11.8 Å². The lowest BCUT2D eigenvalue weighted by Gasteiger charge is -2.46. The molecular formula is C24H36N2O3. The summed E-state index contributed by atoms with van der Waals surface area (Å²) in [5.74, 6) is 2.55. The summed E-state index contributed by atoms with van der Waals surface area (Å²) in [5, 5.41) is 0. The molecule has 1 aliphatic carbocycles. The number of amides is 1. The van der Waals surface area contributed by atoms with Gasteiger partial charge in [0.2, 0.25) is 5.91 Å². The van der Waals surface area contributed by atoms with Crippen molar-refractivity contribution in [1.29, 1.82) is 0 Å². The van der Waals surface area contributed by atoms with E-state index in [2.05, 4.69) is 9.88 Å². The molecule has 1 aromatic rings. The molecule has 0 aromatic carbocycles. The van der Waals surface area contributed by atoms with Crippen molar-refractivity contribution in [1.82, 2.24) is 9.88 Å². The van der Waals surface area contributed by atoms with Crippen molar-refractivity contribution in [2.24, 2.45) is 11.8 Å². The third-order valence-electron chi connectivity index (χ3n) is 7.26. The van der Waals surface area contributed by atoms with Gasteiger partial charge in [0.05, 0.1) is 12.2 Å². The maximum absolute atomic E-state index is 12.7. The fraction of sp³-hybridized carbons (Fsp3) is 0.750. The molecule has 1 spiro atoms. The molecule has 0 radical (unpaired) electrons. The first-order valence-corrected chi connectivity index (χ1v) is 11.7. The van der Waals surface area contributed by atoms with Crippen molar-refractivity contribution < 1.29 is 14.3 Å². The van der Waals surface area contributed by atoms with Crippen LogP contribution in [0.2, 0.25) is 0 Å². The molecule has 160 valence electrons. The van der Waals surface area contributed by atoms with Gasteiger partial charge >= 0.3 is 0 Å². The predicted molar refractivity (Wildman–Crippen MR) is 113 cm³/mol. The number of rotatable bonds is 6. The molecule has 1 amide bonds. The van der Waals surface area contributed by atoms with E-state index in [1.165, 1.54) is 32.1 Å². The van der Waals surface area contributed by atoms with Crippen molar-refractivity contribution >= 4 is 5.91 Å². The molecule has 0 N–H and O–H groups in total. The van der Waals surface area contributed by atoms with Crippen LogP contribution in [-0.4, -0.2) is 47.7 Å². The van der Waals surface area contributed by atoms with Crippen LogP contribution >= 0.6 is 0 Å². The van der Waals surface area contributed by atoms with Gasteiger partial charge in [0.1, 0.15) is 5.75 Å². The summed E-state index contributed by atoms with van der Waals surface area (Å²) in [4.78, 5) is 18.9. The van der Waals surface area contributed by atoms with Gasteiger partial charge in [0, 0.05) is 38.5 Å². The smallest absolute Gasteiger partial charge is 0.222 e. The standard InChI is InChI=1S/C24H36N2O3/c27-23(18-20-4-2-1-3-5-20)26-14-10-24(11-15-26)19-21(9-17-29-24)8-16-28-22-6-12-25-13-7-22/h6-7,12-13,20-21H,1-5,8-11,14-19H2. The Labute approximate surface area is 175 Å². The van der Waals surface area contributed by atoms with E-state index in [1.807, 2.05) is 12.1 Å². The largest absolute Gasteiger partial charge is 0.493 e. The highest BCUT2D eigenvalue weighted by Crippen LogP contribution is 2.39. The minimum atomic E-state index is -0.0127. The molecule has 0 bridgehead atoms. The molecule has 3 aliphatic rings. The van der Waals surface area contributed by atoms with Crippen LogP contribution in [0.15, 0.2) is 24.5 Å². The Hall–Kier alpha value is -1.62. The quantitative estimate of drug-likeness (QED) is 0.700. The number of pyridine rings is 1. The maximum atomic E-state index is 12.7. The Morgan fingerprint density at radius 3 is 2.62 bits per heavy atom. The van der Waals surface area contributed by atoms with Gasteiger partial charge in [-0.05, 0) is 68.9 Å². The average molecular weight is 401 g/mol. The zero-order valence-electron chi connectivity index (χ0n) is 17.7. The lowest BCUT2D eigenvalue weighted by Crippen LogP contribution is -2.51. The van der Waals surface area contributed by atoms with Crippen molar-refractivity contribution in [3.05, 3.63) is 24.5 Å². The third kappa shape index (κ3) is 5.71. The topological polar surface area (TPSA) is 51.7 Å². The Morgan fingerprint density at radius 1 is 1.10 bits per heavy atom. The number of likely N-dealkylation sites (tertiary alicyclic amines) is 1. The van der Waals surface area contributed by atoms with Crippen LogP contribution in [0.4, 0.5) is 0 Å². The third-order valence-corrected chi connectivity index (χ3v) is 7.26. The van der Waals surface area contributed by atoms with Crippen LogP contribution in [0.1, 0.15) is 70.6 Å². The minimum Gasteiger partial charge on any atom is -0.493 e. The highest BCUT2D eigenvalue weighted by atomic mass is 16.5. The molecule has 4 rings (SSSR count). The molecule has 5 heteroatoms. The van der Waals surface area contributed by atoms with Gasteiger partial charge < -0.3 is 14.4 Å². The highest BCUT2D eigenvalue weighted by Gasteiger charge is 2.41. The maximum Gasteiger partial charge on any atom is 0.222 e. The normalized spacial score (nSPS) is 25.1. The number of aromatic nitrogens is 1. The summed E-state index contributed by atoms with van der Waals surface area (Å²) in [7, 11) is 0. The van der Waals surface area contributed by atoms with E-state index in [-0.39, 0.29) is 5.60 Å². The van der Waals surface area contributed by atoms with Crippen LogP contribution < -0.4 is 4.74 Å². The molecule has 3 heterocycles. The molecule has 1 saturated carbocycles. The van der Waals surface area contributed by atoms with Crippen LogP contribution in [-0.2, 0) is 9.53 Å². The van der Waals surface area contributed by atoms with Crippen molar-refractivity contribution in [2.75, 3.05) is 26.3 Å². The molecule has 29 heavy (non-hydrogen) atoms. The molecule has 3 fully saturated rings. The lowest BCUT2D eigenvalue weighted by molar-refractivity contribution is -0.148. The van der Waals surface area contributed by atoms with E-state index in [9.17, 15) is 4.79 Å². The van der Waals surface area contributed by atoms with E-state index < -0.39 is 0 Å². The van der Waals surface area contributed by atoms with Gasteiger partial charge in [-0.15, -0.1) is 0 Å². The zero-order valence-corrected chi connectivity index (χ0v) is 17.7. The Bertz CT molecular complexity index is 637. The van der Waals surface area contributed by atoms with Crippen molar-refractivity contribution in [3.8, 4) is 5.75 Å². The van der Waals surface area contributed by atoms with Gasteiger partial charge in [-0.3, -0.25) is 9.78 Å². The molecule has 5 nitrogen and oxygen atoms in total. The second-order valence-electron chi connectivity index (χ2n) is 9.30. The van der Waals surface area contributed by atoms with Gasteiger partial charge in [0.25, 0.3) is 0 Å². The zero-order chi connectivity index (χ0) is 19.9. The number of hydrogen-bond donors (Lipinski definition) is 0. The Kier molecular flexibility index (Phi) is 7.06. The first-order valence-electron chi connectivity index (χ1n) is 11.7. The molecule has 1 unspecified atom stereocenters. The van der Waals surface area contributed by atoms with E-state index in [0.717, 1.165) is 70.6 Å². The van der Waals surface area contributed by atoms with Crippen LogP contribution in [0.5, 0.6) is 5.75 Å². The molecular weight excluding hydrogens is 364 g/mol. The summed E-state index contributed by atoms with van der Waals surface area (Å²) in [6.45, 7) is 3.32. The fourth-order valence-corrected chi connectivity index (χ4v) is 5.43. The van der Waals surface area contributed by atoms with E-state index in [4.69, 9.17) is 9.47 Å². The predicted octanol–water partition coefficient (Wildman–Crippen LogP) is 4.61. The number of carbonyl (C=O) groups excluding carboxylic acids is 1. The summed E-state index contributed by atoms with van der Waals surface area (Å²) < 4.78 is 12.2. The van der Waals surface area contributed by atoms with Crippen LogP contribution in [0.25, 0.3) is 0 Å². The summed E-state index contributed by atoms with van der Waals surface area (Å²) in [6, 6.07) is 3.82. The Morgan fingerprint density at radius 2 is 1.86 bits per heavy atom. The number of piperidine rings is 1. The Balaban J connectivity index is 1.20. The number of nitrogens with zero attached hydrogens (tertiary/aromatic N) is 2. The minimum absolute atomic E-state index is 0.0127. The second-order valence-corrected chi connectivity index (χ2v) is 9.30. The average Bonchev–Trinajstić information content (AvgIpc) is 2.76. The van der Waals surface area contributed by atoms with E-state index in [0.29, 0.717) is 17.7 Å². The van der Waals surface area contributed by atoms with Gasteiger partial charge in [-0.2, -0.15) is 0 Å². The molecule has 1 atom stereocenters. The summed E-state index contributed by atoms with van der Waals surface area (Å²) >= 11 is 0. The van der Waals surface area contributed by atoms with Gasteiger partial charge in [0.15, 0.2) is 0 Å². The first-order chi connectivity index (χ1) is 14.2. The monoisotopic (exact) mass is 400 g/mol. The second kappa shape index (κ2) is 9.92. The fourth-order valence-electron chi connectivity index (χ4n) is 5.43. The summed E-state index contributed by atoms with van der Waals surface area (Å²) in [5.41, 5.74) is -0.0127. The van der Waals surface area contributed by atoms with Crippen molar-refractivity contribution in [2.45, 2.75) is 76.2 Å². The molecule has 1 aromatic heterocycles. The molecule has 2 saturated heterocycles. The number of hydrogen-bond acceptors (Lipinski definition) is 4. The lowest BCUT2D eigenvalue weighted by atomic mass is 9.78. The first kappa shape index (κ1) is 20.6. The molecule has 2 aliphatic heterocycles. The SMILES string of the molecule is O=C(CC1CCCCC1)N1CCC2(CC1)CC(CCOc1ccncc1)CCO2. The number of ether oxygens (including phenoxy) is 2.